The summed E-state index contributed by atoms with van der Waals surface area (Å²) < 4.78 is 1.81. The van der Waals surface area contributed by atoms with Crippen LogP contribution in [-0.2, 0) is 0 Å². The van der Waals surface area contributed by atoms with E-state index in [1.54, 1.807) is 24.2 Å². The summed E-state index contributed by atoms with van der Waals surface area (Å²) in [5.74, 6) is 1.53. The second-order valence-corrected chi connectivity index (χ2v) is 5.95. The van der Waals surface area contributed by atoms with E-state index in [0.29, 0.717) is 0 Å². The lowest BCUT2D eigenvalue weighted by atomic mass is 10.1. The summed E-state index contributed by atoms with van der Waals surface area (Å²) in [5, 5.41) is 14.1. The van der Waals surface area contributed by atoms with E-state index in [9.17, 15) is 0 Å². The monoisotopic (exact) mass is 307 g/mol. The van der Waals surface area contributed by atoms with E-state index in [0.717, 1.165) is 28.0 Å². The van der Waals surface area contributed by atoms with E-state index in [1.165, 1.54) is 11.1 Å². The zero-order valence-corrected chi connectivity index (χ0v) is 12.8. The van der Waals surface area contributed by atoms with Crippen LogP contribution in [0.4, 0.5) is 0 Å². The summed E-state index contributed by atoms with van der Waals surface area (Å²) in [6.07, 6.45) is 3.52. The van der Waals surface area contributed by atoms with Crippen molar-refractivity contribution in [3.8, 4) is 11.4 Å². The van der Waals surface area contributed by atoms with Crippen molar-refractivity contribution in [1.29, 1.82) is 0 Å². The fraction of sp³-hybridized carbons (Fsp3) is 0.125. The number of pyridine rings is 1. The molecule has 0 unspecified atom stereocenters. The smallest absolute Gasteiger partial charge is 0.212 e. The van der Waals surface area contributed by atoms with Gasteiger partial charge in [0, 0.05) is 29.3 Å². The molecule has 0 radical (unpaired) electrons. The van der Waals surface area contributed by atoms with Crippen LogP contribution in [0.3, 0.4) is 0 Å². The van der Waals surface area contributed by atoms with Crippen LogP contribution in [0, 0.1) is 6.92 Å². The maximum absolute atomic E-state index is 4.77. The Morgan fingerprint density at radius 1 is 1.09 bits per heavy atom. The van der Waals surface area contributed by atoms with Gasteiger partial charge in [-0.1, -0.05) is 36.0 Å². The zero-order valence-electron chi connectivity index (χ0n) is 12.0. The molecule has 0 atom stereocenters. The maximum Gasteiger partial charge on any atom is 0.212 e. The molecule has 0 spiro atoms. The average Bonchev–Trinajstić information content (AvgIpc) is 2.99. The van der Waals surface area contributed by atoms with Crippen LogP contribution in [-0.4, -0.2) is 31.3 Å². The van der Waals surface area contributed by atoms with Gasteiger partial charge in [0.15, 0.2) is 5.82 Å². The van der Waals surface area contributed by atoms with Crippen molar-refractivity contribution in [2.75, 3.05) is 5.75 Å². The SMILES string of the molecule is Cc1ccccc1C1=Nn2c(nnc2-c2cccnc2)SC1. The molecule has 6 heteroatoms. The van der Waals surface area contributed by atoms with Crippen LogP contribution in [0.1, 0.15) is 11.1 Å². The van der Waals surface area contributed by atoms with Crippen molar-refractivity contribution in [3.63, 3.8) is 0 Å². The number of hydrogen-bond acceptors (Lipinski definition) is 5. The van der Waals surface area contributed by atoms with E-state index in [2.05, 4.69) is 34.2 Å². The minimum Gasteiger partial charge on any atom is -0.264 e. The normalized spacial score (nSPS) is 13.6. The van der Waals surface area contributed by atoms with Crippen LogP contribution >= 0.6 is 11.8 Å². The number of fused-ring (bicyclic) bond motifs is 1. The Morgan fingerprint density at radius 2 is 2.00 bits per heavy atom. The Balaban J connectivity index is 1.83. The molecule has 3 heterocycles. The molecule has 0 aliphatic carbocycles. The van der Waals surface area contributed by atoms with Gasteiger partial charge in [-0.05, 0) is 24.6 Å². The fourth-order valence-electron chi connectivity index (χ4n) is 2.43. The minimum absolute atomic E-state index is 0.724. The molecule has 1 aliphatic rings. The highest BCUT2D eigenvalue weighted by Gasteiger charge is 2.21. The van der Waals surface area contributed by atoms with Crippen LogP contribution in [0.15, 0.2) is 59.0 Å². The number of aryl methyl sites for hydroxylation is 1. The summed E-state index contributed by atoms with van der Waals surface area (Å²) >= 11 is 1.65. The molecule has 1 aromatic carbocycles. The minimum atomic E-state index is 0.724. The number of hydrogen-bond donors (Lipinski definition) is 0. The van der Waals surface area contributed by atoms with Crippen LogP contribution < -0.4 is 0 Å². The highest BCUT2D eigenvalue weighted by atomic mass is 32.2. The van der Waals surface area contributed by atoms with E-state index in [-0.39, 0.29) is 0 Å². The van der Waals surface area contributed by atoms with Gasteiger partial charge < -0.3 is 0 Å². The third-order valence-electron chi connectivity index (χ3n) is 3.55. The van der Waals surface area contributed by atoms with Gasteiger partial charge in [-0.3, -0.25) is 4.98 Å². The summed E-state index contributed by atoms with van der Waals surface area (Å²) in [6.45, 7) is 2.10. The first-order valence-electron chi connectivity index (χ1n) is 6.95. The quantitative estimate of drug-likeness (QED) is 0.730. The lowest BCUT2D eigenvalue weighted by Crippen LogP contribution is -2.14. The topological polar surface area (TPSA) is 56.0 Å². The third-order valence-corrected chi connectivity index (χ3v) is 4.48. The van der Waals surface area contributed by atoms with Gasteiger partial charge in [0.25, 0.3) is 0 Å². The first-order valence-corrected chi connectivity index (χ1v) is 7.94. The standard InChI is InChI=1S/C16H13N5S/c1-11-5-2-3-7-13(11)14-10-22-16-19-18-15(21(16)20-14)12-6-4-8-17-9-12/h2-9H,10H2,1H3. The summed E-state index contributed by atoms with van der Waals surface area (Å²) in [5.41, 5.74) is 4.35. The maximum atomic E-state index is 4.77. The molecule has 0 fully saturated rings. The fourth-order valence-corrected chi connectivity index (χ4v) is 3.26. The molecular formula is C16H13N5S. The molecule has 3 aromatic rings. The van der Waals surface area contributed by atoms with E-state index >= 15 is 0 Å². The first kappa shape index (κ1) is 13.2. The highest BCUT2D eigenvalue weighted by Crippen LogP contribution is 2.28. The Morgan fingerprint density at radius 3 is 2.82 bits per heavy atom. The van der Waals surface area contributed by atoms with Crippen LogP contribution in [0.2, 0.25) is 0 Å². The Kier molecular flexibility index (Phi) is 3.23. The largest absolute Gasteiger partial charge is 0.264 e. The molecule has 2 aromatic heterocycles. The first-order chi connectivity index (χ1) is 10.8. The van der Waals surface area contributed by atoms with Crippen molar-refractivity contribution in [2.24, 2.45) is 5.10 Å². The highest BCUT2D eigenvalue weighted by molar-refractivity contribution is 7.99. The van der Waals surface area contributed by atoms with Gasteiger partial charge in [0.2, 0.25) is 5.16 Å². The molecule has 0 amide bonds. The van der Waals surface area contributed by atoms with E-state index < -0.39 is 0 Å². The number of thioether (sulfide) groups is 1. The predicted molar refractivity (Wildman–Crippen MR) is 87.1 cm³/mol. The molecule has 4 rings (SSSR count). The van der Waals surface area contributed by atoms with E-state index in [4.69, 9.17) is 5.10 Å². The Hall–Kier alpha value is -2.47. The average molecular weight is 307 g/mol. The van der Waals surface area contributed by atoms with Gasteiger partial charge in [-0.15, -0.1) is 10.2 Å². The van der Waals surface area contributed by atoms with Crippen molar-refractivity contribution >= 4 is 17.5 Å². The van der Waals surface area contributed by atoms with Gasteiger partial charge in [-0.25, -0.2) is 0 Å². The Labute approximate surface area is 132 Å². The number of rotatable bonds is 2. The number of nitrogens with zero attached hydrogens (tertiary/aromatic N) is 5. The predicted octanol–water partition coefficient (Wildman–Crippen LogP) is 3.01. The van der Waals surface area contributed by atoms with Crippen molar-refractivity contribution in [3.05, 3.63) is 59.9 Å². The van der Waals surface area contributed by atoms with Gasteiger partial charge in [-0.2, -0.15) is 9.78 Å². The molecule has 1 aliphatic heterocycles. The lowest BCUT2D eigenvalue weighted by Gasteiger charge is -2.15. The molecule has 0 N–H and O–H groups in total. The molecule has 0 bridgehead atoms. The second kappa shape index (κ2) is 5.38. The van der Waals surface area contributed by atoms with Gasteiger partial charge in [0.1, 0.15) is 0 Å². The van der Waals surface area contributed by atoms with Crippen molar-refractivity contribution in [2.45, 2.75) is 12.1 Å². The molecule has 22 heavy (non-hydrogen) atoms. The van der Waals surface area contributed by atoms with Gasteiger partial charge >= 0.3 is 0 Å². The zero-order chi connectivity index (χ0) is 14.9. The van der Waals surface area contributed by atoms with Crippen molar-refractivity contribution in [1.82, 2.24) is 19.9 Å². The molecule has 0 saturated carbocycles. The Bertz CT molecular complexity index is 854. The van der Waals surface area contributed by atoms with Crippen molar-refractivity contribution < 1.29 is 0 Å². The molecule has 5 nitrogen and oxygen atoms in total. The van der Waals surface area contributed by atoms with Gasteiger partial charge in [0.05, 0.1) is 5.71 Å². The summed E-state index contributed by atoms with van der Waals surface area (Å²) in [4.78, 5) is 4.14. The summed E-state index contributed by atoms with van der Waals surface area (Å²) in [6, 6.07) is 12.1. The molecular weight excluding hydrogens is 294 g/mol. The third kappa shape index (κ3) is 2.21. The summed E-state index contributed by atoms with van der Waals surface area (Å²) in [7, 11) is 0. The van der Waals surface area contributed by atoms with Crippen LogP contribution in [0.25, 0.3) is 11.4 Å². The number of benzene rings is 1. The van der Waals surface area contributed by atoms with E-state index in [1.807, 2.05) is 28.9 Å². The molecule has 0 saturated heterocycles. The lowest BCUT2D eigenvalue weighted by molar-refractivity contribution is 0.762. The van der Waals surface area contributed by atoms with Crippen LogP contribution in [0.5, 0.6) is 0 Å². The molecule has 108 valence electrons. The second-order valence-electron chi connectivity index (χ2n) is 5.01. The number of aromatic nitrogens is 4.